The SMILES string of the molecule is C[C@H](O)[C@@H](CCc1ccccc1OCC(F)(F)F)n1cnc(C(N)=O)c1. The maximum absolute atomic E-state index is 12.4. The summed E-state index contributed by atoms with van der Waals surface area (Å²) < 4.78 is 43.6. The Hall–Kier alpha value is -2.55. The average Bonchev–Trinajstić information content (AvgIpc) is 3.03. The Kier molecular flexibility index (Phi) is 6.25. The van der Waals surface area contributed by atoms with Gasteiger partial charge in [0.2, 0.25) is 0 Å². The number of primary amides is 1. The van der Waals surface area contributed by atoms with Gasteiger partial charge in [-0.2, -0.15) is 13.2 Å². The molecule has 1 aromatic carbocycles. The summed E-state index contributed by atoms with van der Waals surface area (Å²) >= 11 is 0. The molecule has 1 heterocycles. The number of carbonyl (C=O) groups excluding carboxylic acids is 1. The lowest BCUT2D eigenvalue weighted by Crippen LogP contribution is -2.22. The molecule has 0 saturated heterocycles. The van der Waals surface area contributed by atoms with Gasteiger partial charge < -0.3 is 20.1 Å². The first-order valence-corrected chi connectivity index (χ1v) is 7.96. The molecular weight excluding hydrogens is 351 g/mol. The van der Waals surface area contributed by atoms with Crippen LogP contribution in [-0.2, 0) is 6.42 Å². The van der Waals surface area contributed by atoms with Crippen LogP contribution in [0.1, 0.15) is 35.4 Å². The minimum Gasteiger partial charge on any atom is -0.484 e. The second-order valence-corrected chi connectivity index (χ2v) is 5.93. The van der Waals surface area contributed by atoms with E-state index >= 15 is 0 Å². The van der Waals surface area contributed by atoms with E-state index in [9.17, 15) is 23.1 Å². The largest absolute Gasteiger partial charge is 0.484 e. The van der Waals surface area contributed by atoms with Crippen LogP contribution in [-0.4, -0.2) is 39.5 Å². The van der Waals surface area contributed by atoms with Crippen LogP contribution in [0.15, 0.2) is 36.8 Å². The van der Waals surface area contributed by atoms with E-state index in [4.69, 9.17) is 10.5 Å². The van der Waals surface area contributed by atoms with Crippen LogP contribution in [0.2, 0.25) is 0 Å². The molecule has 0 radical (unpaired) electrons. The van der Waals surface area contributed by atoms with Crippen LogP contribution in [0, 0.1) is 0 Å². The number of hydrogen-bond donors (Lipinski definition) is 2. The van der Waals surface area contributed by atoms with Crippen molar-refractivity contribution in [2.45, 2.75) is 38.1 Å². The van der Waals surface area contributed by atoms with Gasteiger partial charge in [0, 0.05) is 6.20 Å². The molecule has 0 aliphatic rings. The summed E-state index contributed by atoms with van der Waals surface area (Å²) in [7, 11) is 0. The molecule has 1 aromatic heterocycles. The standard InChI is InChI=1S/C17H20F3N3O3/c1-11(24)14(23-8-13(16(21)25)22-10-23)7-6-12-4-2-3-5-15(12)26-9-17(18,19)20/h2-5,8,10-11,14,24H,6-7,9H2,1H3,(H2,21,25)/t11-,14+/m0/s1. The van der Waals surface area contributed by atoms with Crippen molar-refractivity contribution in [3.8, 4) is 5.75 Å². The number of ether oxygens (including phenoxy) is 1. The van der Waals surface area contributed by atoms with Gasteiger partial charge in [-0.3, -0.25) is 4.79 Å². The summed E-state index contributed by atoms with van der Waals surface area (Å²) in [5.41, 5.74) is 5.84. The van der Waals surface area contributed by atoms with Gasteiger partial charge >= 0.3 is 6.18 Å². The number of benzene rings is 1. The number of amides is 1. The second kappa shape index (κ2) is 8.22. The third-order valence-corrected chi connectivity index (χ3v) is 3.87. The molecule has 142 valence electrons. The Morgan fingerprint density at radius 3 is 2.65 bits per heavy atom. The van der Waals surface area contributed by atoms with E-state index in [2.05, 4.69) is 4.98 Å². The zero-order valence-corrected chi connectivity index (χ0v) is 14.1. The molecule has 26 heavy (non-hydrogen) atoms. The van der Waals surface area contributed by atoms with Crippen molar-refractivity contribution in [1.82, 2.24) is 9.55 Å². The molecule has 0 saturated carbocycles. The number of carbonyl (C=O) groups is 1. The Labute approximate surface area is 148 Å². The number of rotatable bonds is 8. The molecule has 3 N–H and O–H groups in total. The van der Waals surface area contributed by atoms with E-state index in [0.29, 0.717) is 18.4 Å². The summed E-state index contributed by atoms with van der Waals surface area (Å²) in [4.78, 5) is 15.0. The zero-order valence-electron chi connectivity index (χ0n) is 14.1. The van der Waals surface area contributed by atoms with E-state index in [1.807, 2.05) is 0 Å². The topological polar surface area (TPSA) is 90.4 Å². The number of hydrogen-bond acceptors (Lipinski definition) is 4. The highest BCUT2D eigenvalue weighted by molar-refractivity contribution is 5.90. The van der Waals surface area contributed by atoms with Crippen molar-refractivity contribution in [3.63, 3.8) is 0 Å². The molecule has 1 amide bonds. The molecule has 0 aliphatic heterocycles. The van der Waals surface area contributed by atoms with E-state index < -0.39 is 30.8 Å². The number of aliphatic hydroxyl groups excluding tert-OH is 1. The van der Waals surface area contributed by atoms with Crippen molar-refractivity contribution < 1.29 is 27.8 Å². The number of aliphatic hydroxyl groups is 1. The lowest BCUT2D eigenvalue weighted by molar-refractivity contribution is -0.153. The molecule has 2 atom stereocenters. The number of para-hydroxylation sites is 1. The van der Waals surface area contributed by atoms with Crippen molar-refractivity contribution in [3.05, 3.63) is 48.0 Å². The third-order valence-electron chi connectivity index (χ3n) is 3.87. The van der Waals surface area contributed by atoms with Gasteiger partial charge in [-0.1, -0.05) is 18.2 Å². The maximum Gasteiger partial charge on any atom is 0.422 e. The summed E-state index contributed by atoms with van der Waals surface area (Å²) in [5.74, 6) is -0.531. The molecule has 0 unspecified atom stereocenters. The lowest BCUT2D eigenvalue weighted by atomic mass is 10.0. The molecular formula is C17H20F3N3O3. The monoisotopic (exact) mass is 371 g/mol. The number of aryl methyl sites for hydroxylation is 1. The van der Waals surface area contributed by atoms with Gasteiger partial charge in [-0.25, -0.2) is 4.98 Å². The minimum absolute atomic E-state index is 0.0737. The number of alkyl halides is 3. The highest BCUT2D eigenvalue weighted by Gasteiger charge is 2.29. The van der Waals surface area contributed by atoms with Crippen molar-refractivity contribution in [1.29, 1.82) is 0 Å². The minimum atomic E-state index is -4.42. The molecule has 9 heteroatoms. The van der Waals surface area contributed by atoms with E-state index in [0.717, 1.165) is 0 Å². The van der Waals surface area contributed by atoms with Gasteiger partial charge in [0.05, 0.1) is 18.5 Å². The second-order valence-electron chi connectivity index (χ2n) is 5.93. The lowest BCUT2D eigenvalue weighted by Gasteiger charge is -2.22. The highest BCUT2D eigenvalue weighted by Crippen LogP contribution is 2.26. The van der Waals surface area contributed by atoms with Crippen LogP contribution in [0.5, 0.6) is 5.75 Å². The fourth-order valence-electron chi connectivity index (χ4n) is 2.60. The van der Waals surface area contributed by atoms with Crippen molar-refractivity contribution >= 4 is 5.91 Å². The van der Waals surface area contributed by atoms with Gasteiger partial charge in [0.25, 0.3) is 5.91 Å². The summed E-state index contributed by atoms with van der Waals surface area (Å²) in [5, 5.41) is 10.0. The summed E-state index contributed by atoms with van der Waals surface area (Å²) in [6.07, 6.45) is -1.59. The number of halogens is 3. The molecule has 0 aliphatic carbocycles. The van der Waals surface area contributed by atoms with Crippen LogP contribution in [0.3, 0.4) is 0 Å². The van der Waals surface area contributed by atoms with Crippen LogP contribution >= 0.6 is 0 Å². The van der Waals surface area contributed by atoms with E-state index in [1.54, 1.807) is 29.7 Å². The fraction of sp³-hybridized carbons (Fsp3) is 0.412. The van der Waals surface area contributed by atoms with Gasteiger partial charge in [0.15, 0.2) is 6.61 Å². The quantitative estimate of drug-likeness (QED) is 0.746. The zero-order chi connectivity index (χ0) is 19.3. The van der Waals surface area contributed by atoms with Crippen LogP contribution < -0.4 is 10.5 Å². The first-order valence-electron chi connectivity index (χ1n) is 7.96. The number of aromatic nitrogens is 2. The normalized spacial score (nSPS) is 14.0. The Morgan fingerprint density at radius 1 is 1.38 bits per heavy atom. The number of nitrogens with two attached hydrogens (primary N) is 1. The van der Waals surface area contributed by atoms with E-state index in [1.165, 1.54) is 18.6 Å². The number of nitrogens with zero attached hydrogens (tertiary/aromatic N) is 2. The average molecular weight is 371 g/mol. The smallest absolute Gasteiger partial charge is 0.422 e. The van der Waals surface area contributed by atoms with Gasteiger partial charge in [0.1, 0.15) is 11.4 Å². The highest BCUT2D eigenvalue weighted by atomic mass is 19.4. The Morgan fingerprint density at radius 2 is 2.08 bits per heavy atom. The molecule has 2 aromatic rings. The predicted molar refractivity (Wildman–Crippen MR) is 87.8 cm³/mol. The van der Waals surface area contributed by atoms with Crippen LogP contribution in [0.25, 0.3) is 0 Å². The van der Waals surface area contributed by atoms with Crippen molar-refractivity contribution in [2.24, 2.45) is 5.73 Å². The Bertz CT molecular complexity index is 744. The number of imidazole rings is 1. The van der Waals surface area contributed by atoms with Gasteiger partial charge in [-0.15, -0.1) is 0 Å². The van der Waals surface area contributed by atoms with E-state index in [-0.39, 0.29) is 11.4 Å². The maximum atomic E-state index is 12.4. The first kappa shape index (κ1) is 19.8. The molecule has 2 rings (SSSR count). The predicted octanol–water partition coefficient (Wildman–Crippen LogP) is 2.48. The molecule has 6 nitrogen and oxygen atoms in total. The van der Waals surface area contributed by atoms with Gasteiger partial charge in [-0.05, 0) is 31.4 Å². The summed E-state index contributed by atoms with van der Waals surface area (Å²) in [6, 6.07) is 6.02. The fourth-order valence-corrected chi connectivity index (χ4v) is 2.60. The molecule has 0 bridgehead atoms. The van der Waals surface area contributed by atoms with Crippen molar-refractivity contribution in [2.75, 3.05) is 6.61 Å². The summed E-state index contributed by atoms with van der Waals surface area (Å²) in [6.45, 7) is 0.216. The molecule has 0 fully saturated rings. The Balaban J connectivity index is 2.10. The first-order chi connectivity index (χ1) is 12.2. The third kappa shape index (κ3) is 5.48. The molecule has 0 spiro atoms. The van der Waals surface area contributed by atoms with Crippen LogP contribution in [0.4, 0.5) is 13.2 Å².